The summed E-state index contributed by atoms with van der Waals surface area (Å²) in [6.45, 7) is 2.75. The molecule has 3 rings (SSSR count). The Hall–Kier alpha value is -2.01. The van der Waals surface area contributed by atoms with Crippen LogP contribution in [0, 0.1) is 0 Å². The van der Waals surface area contributed by atoms with Gasteiger partial charge in [-0.2, -0.15) is 0 Å². The summed E-state index contributed by atoms with van der Waals surface area (Å²) < 4.78 is 1.87. The molecule has 0 bridgehead atoms. The molecule has 0 saturated heterocycles. The number of rotatable bonds is 3. The van der Waals surface area contributed by atoms with Gasteiger partial charge in [0.25, 0.3) is 0 Å². The van der Waals surface area contributed by atoms with Gasteiger partial charge in [-0.1, -0.05) is 29.8 Å². The largest absolute Gasteiger partial charge is 0.369 e. The summed E-state index contributed by atoms with van der Waals surface area (Å²) in [5.74, 6) is 0.399. The molecule has 0 unspecified atom stereocenters. The van der Waals surface area contributed by atoms with Gasteiger partial charge in [0.2, 0.25) is 5.91 Å². The lowest BCUT2D eigenvalue weighted by Gasteiger charge is -2.39. The monoisotopic (exact) mass is 318 g/mol. The summed E-state index contributed by atoms with van der Waals surface area (Å²) in [6, 6.07) is 8.14. The van der Waals surface area contributed by atoms with Crippen molar-refractivity contribution in [2.24, 2.45) is 12.8 Å². The smallest absolute Gasteiger partial charge is 0.225 e. The molecule has 1 amide bonds. The lowest BCUT2D eigenvalue weighted by molar-refractivity contribution is -0.119. The number of carbonyl (C=O) groups excluding carboxylic acids is 1. The van der Waals surface area contributed by atoms with Crippen molar-refractivity contribution in [3.63, 3.8) is 0 Å². The Kier molecular flexibility index (Phi) is 3.83. The van der Waals surface area contributed by atoms with Crippen molar-refractivity contribution < 1.29 is 4.79 Å². The number of hydrogen-bond donors (Lipinski definition) is 1. The van der Waals surface area contributed by atoms with Gasteiger partial charge in [0.05, 0.1) is 18.7 Å². The van der Waals surface area contributed by atoms with Crippen molar-refractivity contribution in [1.29, 1.82) is 0 Å². The Morgan fingerprint density at radius 2 is 2.18 bits per heavy atom. The second-order valence-electron chi connectivity index (χ2n) is 5.78. The van der Waals surface area contributed by atoms with E-state index in [0.717, 1.165) is 17.1 Å². The Balaban J connectivity index is 1.99. The summed E-state index contributed by atoms with van der Waals surface area (Å²) in [5.41, 5.74) is 7.62. The molecule has 1 aromatic heterocycles. The third kappa shape index (κ3) is 2.46. The number of imidazole rings is 1. The molecule has 22 heavy (non-hydrogen) atoms. The number of carbonyl (C=O) groups is 1. The first-order valence-electron chi connectivity index (χ1n) is 7.30. The van der Waals surface area contributed by atoms with E-state index in [9.17, 15) is 4.79 Å². The van der Waals surface area contributed by atoms with Gasteiger partial charge < -0.3 is 15.2 Å². The first kappa shape index (κ1) is 14.9. The number of aromatic nitrogens is 2. The standard InChI is InChI=1S/C16H19ClN4O/c1-10-7-12(16(18)22)11-5-3-4-6-13(11)21(10)9-15-19-8-14(17)20(15)2/h3-6,8,10,12H,7,9H2,1-2H3,(H2,18,22)/t10-,12-/m0/s1. The molecule has 2 aromatic rings. The van der Waals surface area contributed by atoms with Crippen molar-refractivity contribution in [1.82, 2.24) is 9.55 Å². The molecule has 0 aliphatic carbocycles. The predicted octanol–water partition coefficient (Wildman–Crippen LogP) is 2.44. The third-order valence-electron chi connectivity index (χ3n) is 4.41. The fraction of sp³-hybridized carbons (Fsp3) is 0.375. The van der Waals surface area contributed by atoms with Gasteiger partial charge in [-0.15, -0.1) is 0 Å². The van der Waals surface area contributed by atoms with Crippen molar-refractivity contribution in [2.45, 2.75) is 31.8 Å². The predicted molar refractivity (Wildman–Crippen MR) is 86.9 cm³/mol. The Bertz CT molecular complexity index is 712. The Morgan fingerprint density at radius 1 is 1.45 bits per heavy atom. The van der Waals surface area contributed by atoms with Crippen LogP contribution in [0.1, 0.15) is 30.7 Å². The number of nitrogens with two attached hydrogens (primary N) is 1. The Morgan fingerprint density at radius 3 is 2.82 bits per heavy atom. The van der Waals surface area contributed by atoms with Crippen LogP contribution < -0.4 is 10.6 Å². The van der Waals surface area contributed by atoms with Gasteiger partial charge in [-0.25, -0.2) is 4.98 Å². The molecule has 0 radical (unpaired) electrons. The van der Waals surface area contributed by atoms with Gasteiger partial charge in [-0.3, -0.25) is 4.79 Å². The molecule has 0 spiro atoms. The van der Waals surface area contributed by atoms with Gasteiger partial charge in [0.15, 0.2) is 0 Å². The number of nitrogens with zero attached hydrogens (tertiary/aromatic N) is 3. The zero-order valence-electron chi connectivity index (χ0n) is 12.7. The fourth-order valence-corrected chi connectivity index (χ4v) is 3.26. The zero-order chi connectivity index (χ0) is 15.9. The SMILES string of the molecule is C[C@H]1C[C@H](C(N)=O)c2ccccc2N1Cc1ncc(Cl)n1C. The summed E-state index contributed by atoms with van der Waals surface area (Å²) >= 11 is 6.07. The summed E-state index contributed by atoms with van der Waals surface area (Å²) in [4.78, 5) is 18.4. The lowest BCUT2D eigenvalue weighted by Crippen LogP contribution is -2.41. The van der Waals surface area contributed by atoms with Crippen LogP contribution in [0.15, 0.2) is 30.5 Å². The quantitative estimate of drug-likeness (QED) is 0.945. The average molecular weight is 319 g/mol. The van der Waals surface area contributed by atoms with E-state index in [2.05, 4.69) is 16.8 Å². The van der Waals surface area contributed by atoms with Crippen LogP contribution in [-0.2, 0) is 18.4 Å². The van der Waals surface area contributed by atoms with Crippen molar-refractivity contribution >= 4 is 23.2 Å². The zero-order valence-corrected chi connectivity index (χ0v) is 13.4. The molecular formula is C16H19ClN4O. The molecule has 2 N–H and O–H groups in total. The number of hydrogen-bond acceptors (Lipinski definition) is 3. The van der Waals surface area contributed by atoms with E-state index in [1.54, 1.807) is 6.20 Å². The number of benzene rings is 1. The van der Waals surface area contributed by atoms with E-state index in [-0.39, 0.29) is 17.9 Å². The molecule has 1 aromatic carbocycles. The van der Waals surface area contributed by atoms with E-state index in [4.69, 9.17) is 17.3 Å². The van der Waals surface area contributed by atoms with E-state index in [0.29, 0.717) is 18.1 Å². The third-order valence-corrected chi connectivity index (χ3v) is 4.76. The van der Waals surface area contributed by atoms with Crippen molar-refractivity contribution in [2.75, 3.05) is 4.90 Å². The maximum Gasteiger partial charge on any atom is 0.225 e. The maximum absolute atomic E-state index is 11.8. The minimum Gasteiger partial charge on any atom is -0.369 e. The van der Waals surface area contributed by atoms with Crippen LogP contribution in [0.2, 0.25) is 5.15 Å². The lowest BCUT2D eigenvalue weighted by atomic mass is 9.85. The highest BCUT2D eigenvalue weighted by Gasteiger charge is 2.33. The maximum atomic E-state index is 11.8. The topological polar surface area (TPSA) is 64.2 Å². The summed E-state index contributed by atoms with van der Waals surface area (Å²) in [5, 5.41) is 0.614. The van der Waals surface area contributed by atoms with E-state index >= 15 is 0 Å². The summed E-state index contributed by atoms with van der Waals surface area (Å²) in [7, 11) is 1.90. The number of anilines is 1. The van der Waals surface area contributed by atoms with Crippen LogP contribution in [-0.4, -0.2) is 21.5 Å². The molecule has 1 aliphatic heterocycles. The second kappa shape index (κ2) is 5.65. The molecule has 0 fully saturated rings. The summed E-state index contributed by atoms with van der Waals surface area (Å²) in [6.07, 6.45) is 2.37. The highest BCUT2D eigenvalue weighted by Crippen LogP contribution is 2.38. The minimum absolute atomic E-state index is 0.197. The van der Waals surface area contributed by atoms with E-state index in [1.165, 1.54) is 0 Å². The fourth-order valence-electron chi connectivity index (χ4n) is 3.11. The van der Waals surface area contributed by atoms with E-state index in [1.807, 2.05) is 35.9 Å². The van der Waals surface area contributed by atoms with Crippen LogP contribution in [0.25, 0.3) is 0 Å². The van der Waals surface area contributed by atoms with Crippen LogP contribution in [0.4, 0.5) is 5.69 Å². The number of para-hydroxylation sites is 1. The normalized spacial score (nSPS) is 20.8. The van der Waals surface area contributed by atoms with Gasteiger partial charge in [0, 0.05) is 18.8 Å². The number of halogens is 1. The molecule has 2 atom stereocenters. The Labute approximate surface area is 134 Å². The van der Waals surface area contributed by atoms with Crippen molar-refractivity contribution in [3.05, 3.63) is 47.0 Å². The molecule has 5 nitrogen and oxygen atoms in total. The molecule has 116 valence electrons. The van der Waals surface area contributed by atoms with E-state index < -0.39 is 0 Å². The number of primary amides is 1. The number of amides is 1. The average Bonchev–Trinajstić information content (AvgIpc) is 2.81. The van der Waals surface area contributed by atoms with Gasteiger partial charge in [-0.05, 0) is 25.0 Å². The van der Waals surface area contributed by atoms with Gasteiger partial charge >= 0.3 is 0 Å². The highest BCUT2D eigenvalue weighted by molar-refractivity contribution is 6.29. The second-order valence-corrected chi connectivity index (χ2v) is 6.17. The molecule has 2 heterocycles. The highest BCUT2D eigenvalue weighted by atomic mass is 35.5. The van der Waals surface area contributed by atoms with Crippen LogP contribution in [0.5, 0.6) is 0 Å². The van der Waals surface area contributed by atoms with Crippen LogP contribution in [0.3, 0.4) is 0 Å². The molecule has 0 saturated carbocycles. The first-order valence-corrected chi connectivity index (χ1v) is 7.67. The van der Waals surface area contributed by atoms with Crippen LogP contribution >= 0.6 is 11.6 Å². The first-order chi connectivity index (χ1) is 10.5. The molecule has 6 heteroatoms. The number of fused-ring (bicyclic) bond motifs is 1. The minimum atomic E-state index is -0.265. The van der Waals surface area contributed by atoms with Gasteiger partial charge in [0.1, 0.15) is 11.0 Å². The molecular weight excluding hydrogens is 300 g/mol. The molecule has 1 aliphatic rings. The van der Waals surface area contributed by atoms with Crippen molar-refractivity contribution in [3.8, 4) is 0 Å².